The Kier molecular flexibility index (Phi) is 8.43. The molecule has 2 nitrogen and oxygen atoms in total. The predicted molar refractivity (Wildman–Crippen MR) is 100 cm³/mol. The van der Waals surface area contributed by atoms with Crippen LogP contribution in [0.15, 0.2) is 18.2 Å². The van der Waals surface area contributed by atoms with Crippen molar-refractivity contribution in [1.82, 2.24) is 0 Å². The Morgan fingerprint density at radius 3 is 2.44 bits per heavy atom. The number of carbonyl (C=O) groups excluding carboxylic acids is 1. The molecule has 1 aromatic rings. The second-order valence-electron chi connectivity index (χ2n) is 7.50. The third-order valence-electron chi connectivity index (χ3n) is 5.42. The number of esters is 1. The first-order valence-corrected chi connectivity index (χ1v) is 10.1. The zero-order chi connectivity index (χ0) is 18.1. The number of carbonyl (C=O) groups is 1. The van der Waals surface area contributed by atoms with Gasteiger partial charge in [0.05, 0.1) is 5.92 Å². The molecule has 1 aliphatic rings. The molecule has 0 heterocycles. The van der Waals surface area contributed by atoms with E-state index in [0.29, 0.717) is 0 Å². The van der Waals surface area contributed by atoms with Gasteiger partial charge >= 0.3 is 5.97 Å². The Morgan fingerprint density at radius 2 is 1.80 bits per heavy atom. The zero-order valence-electron chi connectivity index (χ0n) is 15.9. The molecule has 0 spiro atoms. The summed E-state index contributed by atoms with van der Waals surface area (Å²) in [6, 6.07) is 5.00. The minimum atomic E-state index is -0.418. The second-order valence-corrected chi connectivity index (χ2v) is 7.50. The minimum absolute atomic E-state index is 0.0680. The van der Waals surface area contributed by atoms with E-state index in [9.17, 15) is 9.18 Å². The van der Waals surface area contributed by atoms with Crippen molar-refractivity contribution in [2.75, 3.05) is 0 Å². The van der Waals surface area contributed by atoms with Gasteiger partial charge in [0.15, 0.2) is 11.6 Å². The Labute approximate surface area is 152 Å². The SMILES string of the molecule is CCCCCc1ccc(OC(=O)[C@H]2CC[C@H](CCCC)CC2)c(F)c1. The number of aryl methyl sites for hydroxylation is 1. The van der Waals surface area contributed by atoms with Gasteiger partial charge in [0.2, 0.25) is 0 Å². The normalized spacial score (nSPS) is 20.4. The maximum absolute atomic E-state index is 14.2. The van der Waals surface area contributed by atoms with Gasteiger partial charge < -0.3 is 4.74 Å². The van der Waals surface area contributed by atoms with Crippen LogP contribution in [0.2, 0.25) is 0 Å². The van der Waals surface area contributed by atoms with E-state index < -0.39 is 5.82 Å². The maximum Gasteiger partial charge on any atom is 0.314 e. The van der Waals surface area contributed by atoms with Crippen LogP contribution in [-0.4, -0.2) is 5.97 Å². The van der Waals surface area contributed by atoms with Crippen molar-refractivity contribution in [3.8, 4) is 5.75 Å². The molecule has 0 amide bonds. The van der Waals surface area contributed by atoms with Gasteiger partial charge in [0.25, 0.3) is 0 Å². The summed E-state index contributed by atoms with van der Waals surface area (Å²) in [6.07, 6.45) is 12.0. The molecule has 2 rings (SSSR count). The van der Waals surface area contributed by atoms with Gasteiger partial charge in [0, 0.05) is 0 Å². The molecule has 1 saturated carbocycles. The van der Waals surface area contributed by atoms with E-state index in [1.165, 1.54) is 25.3 Å². The Balaban J connectivity index is 1.82. The van der Waals surface area contributed by atoms with Crippen LogP contribution in [-0.2, 0) is 11.2 Å². The molecule has 0 radical (unpaired) electrons. The lowest BCUT2D eigenvalue weighted by molar-refractivity contribution is -0.140. The molecule has 0 aliphatic heterocycles. The van der Waals surface area contributed by atoms with Gasteiger partial charge in [-0.15, -0.1) is 0 Å². The van der Waals surface area contributed by atoms with Crippen molar-refractivity contribution in [3.63, 3.8) is 0 Å². The number of rotatable bonds is 9. The number of hydrogen-bond acceptors (Lipinski definition) is 2. The standard InChI is InChI=1S/C22H33FO2/c1-3-5-7-9-18-12-15-21(20(23)16-18)25-22(24)19-13-10-17(11-14-19)8-6-4-2/h12,15-17,19H,3-11,13-14H2,1-2H3/t17-,19-. The van der Waals surface area contributed by atoms with Gasteiger partial charge in [-0.25, -0.2) is 4.39 Å². The van der Waals surface area contributed by atoms with Crippen molar-refractivity contribution in [1.29, 1.82) is 0 Å². The molecule has 3 heteroatoms. The Bertz CT molecular complexity index is 533. The van der Waals surface area contributed by atoms with Crippen molar-refractivity contribution in [2.45, 2.75) is 84.5 Å². The highest BCUT2D eigenvalue weighted by Gasteiger charge is 2.28. The molecule has 1 aromatic carbocycles. The fourth-order valence-electron chi connectivity index (χ4n) is 3.73. The van der Waals surface area contributed by atoms with Crippen LogP contribution in [0.4, 0.5) is 4.39 Å². The highest BCUT2D eigenvalue weighted by atomic mass is 19.1. The largest absolute Gasteiger partial charge is 0.423 e. The molecule has 1 fully saturated rings. The first kappa shape index (κ1) is 19.9. The van der Waals surface area contributed by atoms with E-state index in [2.05, 4.69) is 13.8 Å². The van der Waals surface area contributed by atoms with Gasteiger partial charge in [-0.2, -0.15) is 0 Å². The molecule has 0 unspecified atom stereocenters. The summed E-state index contributed by atoms with van der Waals surface area (Å²) >= 11 is 0. The van der Waals surface area contributed by atoms with E-state index in [4.69, 9.17) is 4.74 Å². The van der Waals surface area contributed by atoms with Crippen molar-refractivity contribution < 1.29 is 13.9 Å². The fourth-order valence-corrected chi connectivity index (χ4v) is 3.73. The van der Waals surface area contributed by atoms with Gasteiger partial charge in [-0.3, -0.25) is 4.79 Å². The summed E-state index contributed by atoms with van der Waals surface area (Å²) in [5.41, 5.74) is 0.974. The monoisotopic (exact) mass is 348 g/mol. The first-order valence-electron chi connectivity index (χ1n) is 10.1. The van der Waals surface area contributed by atoms with Crippen molar-refractivity contribution >= 4 is 5.97 Å². The third kappa shape index (κ3) is 6.45. The number of ether oxygens (including phenoxy) is 1. The topological polar surface area (TPSA) is 26.3 Å². The highest BCUT2D eigenvalue weighted by molar-refractivity contribution is 5.75. The number of unbranched alkanes of at least 4 members (excludes halogenated alkanes) is 3. The highest BCUT2D eigenvalue weighted by Crippen LogP contribution is 2.33. The van der Waals surface area contributed by atoms with E-state index in [1.54, 1.807) is 6.07 Å². The Hall–Kier alpha value is -1.38. The van der Waals surface area contributed by atoms with Crippen LogP contribution in [0.1, 0.15) is 83.6 Å². The van der Waals surface area contributed by atoms with Gasteiger partial charge in [-0.05, 0) is 62.1 Å². The first-order chi connectivity index (χ1) is 12.1. The molecule has 0 atom stereocenters. The predicted octanol–water partition coefficient (Wildman–Crippen LogP) is 6.46. The van der Waals surface area contributed by atoms with E-state index in [-0.39, 0.29) is 17.6 Å². The maximum atomic E-state index is 14.2. The van der Waals surface area contributed by atoms with E-state index >= 15 is 0 Å². The number of benzene rings is 1. The van der Waals surface area contributed by atoms with E-state index in [1.807, 2.05) is 6.07 Å². The van der Waals surface area contributed by atoms with Crippen LogP contribution in [0, 0.1) is 17.7 Å². The lowest BCUT2D eigenvalue weighted by atomic mass is 9.80. The molecule has 140 valence electrons. The number of hydrogen-bond donors (Lipinski definition) is 0. The van der Waals surface area contributed by atoms with Crippen LogP contribution in [0.25, 0.3) is 0 Å². The van der Waals surface area contributed by atoms with Crippen LogP contribution in [0.3, 0.4) is 0 Å². The molecule has 25 heavy (non-hydrogen) atoms. The summed E-state index contributed by atoms with van der Waals surface area (Å²) in [5, 5.41) is 0. The van der Waals surface area contributed by atoms with Crippen molar-refractivity contribution in [2.24, 2.45) is 11.8 Å². The summed E-state index contributed by atoms with van der Waals surface area (Å²) < 4.78 is 19.6. The molecule has 0 N–H and O–H groups in total. The molecule has 1 aliphatic carbocycles. The molecule has 0 bridgehead atoms. The Morgan fingerprint density at radius 1 is 1.08 bits per heavy atom. The average Bonchev–Trinajstić information content (AvgIpc) is 2.62. The summed E-state index contributed by atoms with van der Waals surface area (Å²) in [5.74, 6) is 0.0903. The molecular weight excluding hydrogens is 315 g/mol. The molecule has 0 saturated heterocycles. The summed E-state index contributed by atoms with van der Waals surface area (Å²) in [6.45, 7) is 4.37. The quantitative estimate of drug-likeness (QED) is 0.291. The second kappa shape index (κ2) is 10.6. The lowest BCUT2D eigenvalue weighted by Gasteiger charge is -2.27. The lowest BCUT2D eigenvalue weighted by Crippen LogP contribution is -2.26. The van der Waals surface area contributed by atoms with Crippen LogP contribution < -0.4 is 4.74 Å². The fraction of sp³-hybridized carbons (Fsp3) is 0.682. The van der Waals surface area contributed by atoms with Gasteiger partial charge in [-0.1, -0.05) is 52.0 Å². The van der Waals surface area contributed by atoms with Gasteiger partial charge in [0.1, 0.15) is 0 Å². The molecule has 0 aromatic heterocycles. The zero-order valence-corrected chi connectivity index (χ0v) is 15.9. The molecular formula is C22H33FO2. The summed E-state index contributed by atoms with van der Waals surface area (Å²) in [4.78, 5) is 12.3. The number of halogens is 1. The third-order valence-corrected chi connectivity index (χ3v) is 5.42. The average molecular weight is 349 g/mol. The van der Waals surface area contributed by atoms with Crippen LogP contribution in [0.5, 0.6) is 5.75 Å². The van der Waals surface area contributed by atoms with E-state index in [0.717, 1.165) is 62.8 Å². The minimum Gasteiger partial charge on any atom is -0.423 e. The summed E-state index contributed by atoms with van der Waals surface area (Å²) in [7, 11) is 0. The van der Waals surface area contributed by atoms with Crippen LogP contribution >= 0.6 is 0 Å². The van der Waals surface area contributed by atoms with Crippen molar-refractivity contribution in [3.05, 3.63) is 29.6 Å². The smallest absolute Gasteiger partial charge is 0.314 e.